The van der Waals surface area contributed by atoms with E-state index in [1.807, 2.05) is 61.5 Å². The second-order valence-corrected chi connectivity index (χ2v) is 5.17. The molecule has 1 aliphatic rings. The molecule has 1 atom stereocenters. The van der Waals surface area contributed by atoms with Crippen LogP contribution in [0.3, 0.4) is 0 Å². The van der Waals surface area contributed by atoms with Gasteiger partial charge in [0.1, 0.15) is 12.6 Å². The Morgan fingerprint density at radius 3 is 2.52 bits per heavy atom. The van der Waals surface area contributed by atoms with Crippen LogP contribution >= 0.6 is 0 Å². The normalized spacial score (nSPS) is 18.5. The molecule has 0 radical (unpaired) electrons. The minimum atomic E-state index is -0.618. The second-order valence-electron chi connectivity index (χ2n) is 5.17. The predicted molar refractivity (Wildman–Crippen MR) is 80.9 cm³/mol. The topological polar surface area (TPSA) is 49.4 Å². The van der Waals surface area contributed by atoms with E-state index in [0.29, 0.717) is 0 Å². The third-order valence-corrected chi connectivity index (χ3v) is 3.57. The molecule has 3 rings (SSSR count). The molecule has 1 saturated heterocycles. The van der Waals surface area contributed by atoms with Crippen molar-refractivity contribution in [3.05, 3.63) is 65.7 Å². The summed E-state index contributed by atoms with van der Waals surface area (Å²) in [7, 11) is 0. The van der Waals surface area contributed by atoms with Crippen LogP contribution in [-0.2, 0) is 9.59 Å². The van der Waals surface area contributed by atoms with Crippen molar-refractivity contribution in [3.63, 3.8) is 0 Å². The van der Waals surface area contributed by atoms with Gasteiger partial charge in [0, 0.05) is 5.69 Å². The Hall–Kier alpha value is -2.62. The summed E-state index contributed by atoms with van der Waals surface area (Å²) < 4.78 is 0. The highest BCUT2D eigenvalue weighted by Crippen LogP contribution is 2.24. The zero-order valence-electron chi connectivity index (χ0n) is 11.7. The summed E-state index contributed by atoms with van der Waals surface area (Å²) in [6.45, 7) is 2.03. The monoisotopic (exact) mass is 280 g/mol. The number of hydrogen-bond acceptors (Lipinski definition) is 2. The number of anilines is 1. The molecule has 0 aromatic heterocycles. The van der Waals surface area contributed by atoms with Crippen LogP contribution in [0, 0.1) is 6.92 Å². The number of benzene rings is 2. The highest BCUT2D eigenvalue weighted by Gasteiger charge is 2.34. The maximum absolute atomic E-state index is 12.7. The van der Waals surface area contributed by atoms with Gasteiger partial charge < -0.3 is 10.2 Å². The van der Waals surface area contributed by atoms with E-state index in [1.54, 1.807) is 4.90 Å². The molecule has 1 N–H and O–H groups in total. The van der Waals surface area contributed by atoms with Gasteiger partial charge in [0.25, 0.3) is 5.91 Å². The van der Waals surface area contributed by atoms with E-state index < -0.39 is 6.04 Å². The van der Waals surface area contributed by atoms with E-state index >= 15 is 0 Å². The molecule has 4 nitrogen and oxygen atoms in total. The van der Waals surface area contributed by atoms with E-state index in [-0.39, 0.29) is 18.4 Å². The molecule has 2 amide bonds. The quantitative estimate of drug-likeness (QED) is 0.916. The first-order chi connectivity index (χ1) is 10.1. The number of carbonyl (C=O) groups is 2. The third-order valence-electron chi connectivity index (χ3n) is 3.57. The number of hydrogen-bond donors (Lipinski definition) is 1. The largest absolute Gasteiger partial charge is 0.339 e. The van der Waals surface area contributed by atoms with Crippen molar-refractivity contribution in [1.29, 1.82) is 0 Å². The van der Waals surface area contributed by atoms with Gasteiger partial charge in [0.05, 0.1) is 0 Å². The lowest BCUT2D eigenvalue weighted by Crippen LogP contribution is -2.53. The molecule has 1 aliphatic heterocycles. The summed E-state index contributed by atoms with van der Waals surface area (Å²) in [5.41, 5.74) is 2.62. The van der Waals surface area contributed by atoms with Gasteiger partial charge in [-0.1, -0.05) is 42.5 Å². The molecule has 0 aliphatic carbocycles. The van der Waals surface area contributed by atoms with Crippen molar-refractivity contribution in [2.45, 2.75) is 13.0 Å². The summed E-state index contributed by atoms with van der Waals surface area (Å²) in [5, 5.41) is 2.77. The molecule has 1 fully saturated rings. The van der Waals surface area contributed by atoms with Crippen LogP contribution in [0.15, 0.2) is 54.6 Å². The van der Waals surface area contributed by atoms with Crippen molar-refractivity contribution in [1.82, 2.24) is 5.32 Å². The lowest BCUT2D eigenvalue weighted by molar-refractivity contribution is -0.131. The van der Waals surface area contributed by atoms with Crippen LogP contribution in [0.25, 0.3) is 0 Å². The lowest BCUT2D eigenvalue weighted by Gasteiger charge is -2.32. The summed E-state index contributed by atoms with van der Waals surface area (Å²) in [6.07, 6.45) is 0. The summed E-state index contributed by atoms with van der Waals surface area (Å²) >= 11 is 0. The van der Waals surface area contributed by atoms with Gasteiger partial charge in [-0.05, 0) is 30.2 Å². The maximum Gasteiger partial charge on any atom is 0.254 e. The fourth-order valence-corrected chi connectivity index (χ4v) is 2.53. The number of nitrogens with one attached hydrogen (secondary N) is 1. The maximum atomic E-state index is 12.7. The lowest BCUT2D eigenvalue weighted by atomic mass is 10.0. The Labute approximate surface area is 123 Å². The van der Waals surface area contributed by atoms with Gasteiger partial charge in [-0.15, -0.1) is 0 Å². The van der Waals surface area contributed by atoms with Crippen LogP contribution in [0.5, 0.6) is 0 Å². The first kappa shape index (κ1) is 13.4. The van der Waals surface area contributed by atoms with Gasteiger partial charge in [0.15, 0.2) is 0 Å². The number of nitrogens with zero attached hydrogens (tertiary/aromatic N) is 1. The molecule has 2 aromatic carbocycles. The molecule has 1 unspecified atom stereocenters. The number of carbonyl (C=O) groups excluding carboxylic acids is 2. The molecule has 0 bridgehead atoms. The summed E-state index contributed by atoms with van der Waals surface area (Å²) in [5.74, 6) is -0.253. The number of amides is 2. The average Bonchev–Trinajstić information content (AvgIpc) is 2.50. The van der Waals surface area contributed by atoms with Gasteiger partial charge in [0.2, 0.25) is 5.91 Å². The Morgan fingerprint density at radius 1 is 1.05 bits per heavy atom. The number of aryl methyl sites for hydroxylation is 1. The zero-order valence-corrected chi connectivity index (χ0v) is 11.7. The first-order valence-electron chi connectivity index (χ1n) is 6.87. The predicted octanol–water partition coefficient (Wildman–Crippen LogP) is 2.20. The van der Waals surface area contributed by atoms with E-state index in [4.69, 9.17) is 0 Å². The van der Waals surface area contributed by atoms with Crippen molar-refractivity contribution in [2.75, 3.05) is 11.4 Å². The van der Waals surface area contributed by atoms with Crippen LogP contribution in [-0.4, -0.2) is 18.4 Å². The molecule has 1 heterocycles. The minimum absolute atomic E-state index is 0.0611. The van der Waals surface area contributed by atoms with Crippen LogP contribution in [0.4, 0.5) is 5.69 Å². The van der Waals surface area contributed by atoms with E-state index in [0.717, 1.165) is 16.8 Å². The highest BCUT2D eigenvalue weighted by molar-refractivity contribution is 6.06. The van der Waals surface area contributed by atoms with Gasteiger partial charge in [-0.3, -0.25) is 9.59 Å². The van der Waals surface area contributed by atoms with Crippen LogP contribution < -0.4 is 10.2 Å². The van der Waals surface area contributed by atoms with Crippen LogP contribution in [0.2, 0.25) is 0 Å². The van der Waals surface area contributed by atoms with Crippen molar-refractivity contribution >= 4 is 17.5 Å². The van der Waals surface area contributed by atoms with E-state index in [2.05, 4.69) is 5.32 Å². The standard InChI is InChI=1S/C17H16N2O2/c1-12-6-5-9-14(10-12)19-11-15(20)18-16(17(19)21)13-7-3-2-4-8-13/h2-10,16H,11H2,1H3,(H,18,20). The fraction of sp³-hybridized carbons (Fsp3) is 0.176. The van der Waals surface area contributed by atoms with Crippen molar-refractivity contribution in [2.24, 2.45) is 0 Å². The molecular formula is C17H16N2O2. The Bertz CT molecular complexity index is 682. The number of rotatable bonds is 2. The van der Waals surface area contributed by atoms with Gasteiger partial charge >= 0.3 is 0 Å². The molecule has 0 spiro atoms. The molecule has 4 heteroatoms. The Morgan fingerprint density at radius 2 is 1.81 bits per heavy atom. The second kappa shape index (κ2) is 5.40. The third kappa shape index (κ3) is 2.65. The summed E-state index contributed by atoms with van der Waals surface area (Å²) in [6, 6.07) is 16.3. The fourth-order valence-electron chi connectivity index (χ4n) is 2.53. The minimum Gasteiger partial charge on any atom is -0.339 e. The Balaban J connectivity index is 1.96. The first-order valence-corrected chi connectivity index (χ1v) is 6.87. The molecule has 2 aromatic rings. The smallest absolute Gasteiger partial charge is 0.254 e. The average molecular weight is 280 g/mol. The number of piperazine rings is 1. The van der Waals surface area contributed by atoms with Crippen LogP contribution in [0.1, 0.15) is 17.2 Å². The SMILES string of the molecule is Cc1cccc(N2CC(=O)NC(c3ccccc3)C2=O)c1. The van der Waals surface area contributed by atoms with Gasteiger partial charge in [-0.2, -0.15) is 0 Å². The molecule has 21 heavy (non-hydrogen) atoms. The van der Waals surface area contributed by atoms with Gasteiger partial charge in [-0.25, -0.2) is 0 Å². The molecule has 106 valence electrons. The molecular weight excluding hydrogens is 264 g/mol. The van der Waals surface area contributed by atoms with E-state index in [9.17, 15) is 9.59 Å². The summed E-state index contributed by atoms with van der Waals surface area (Å²) in [4.78, 5) is 26.2. The Kier molecular flexibility index (Phi) is 3.44. The highest BCUT2D eigenvalue weighted by atomic mass is 16.2. The van der Waals surface area contributed by atoms with Crippen molar-refractivity contribution in [3.8, 4) is 0 Å². The molecule has 0 saturated carbocycles. The van der Waals surface area contributed by atoms with Crippen molar-refractivity contribution < 1.29 is 9.59 Å². The van der Waals surface area contributed by atoms with E-state index in [1.165, 1.54) is 0 Å². The zero-order chi connectivity index (χ0) is 14.8.